The molecule has 2 aromatic carbocycles. The largest absolute Gasteiger partial charge is 0.496 e. The summed E-state index contributed by atoms with van der Waals surface area (Å²) in [7, 11) is -2.55. The lowest BCUT2D eigenvalue weighted by atomic mass is 10.2. The first-order valence-corrected chi connectivity index (χ1v) is 15.2. The van der Waals surface area contributed by atoms with E-state index in [1.54, 1.807) is 48.5 Å². The Balaban J connectivity index is 1.63. The molecule has 2 heterocycles. The fourth-order valence-corrected chi connectivity index (χ4v) is 6.01. The van der Waals surface area contributed by atoms with Gasteiger partial charge in [0.05, 0.1) is 31.8 Å². The number of sulfone groups is 1. The van der Waals surface area contributed by atoms with Gasteiger partial charge in [0, 0.05) is 25.2 Å². The van der Waals surface area contributed by atoms with Crippen LogP contribution in [0, 0.1) is 0 Å². The Hall–Kier alpha value is -3.97. The quantitative estimate of drug-likeness (QED) is 0.358. The third-order valence-corrected chi connectivity index (χ3v) is 8.20. The molecule has 12 nitrogen and oxygen atoms in total. The summed E-state index contributed by atoms with van der Waals surface area (Å²) in [6.07, 6.45) is 1.11. The number of ether oxygens (including phenoxy) is 2. The smallest absolute Gasteiger partial charge is 0.318 e. The van der Waals surface area contributed by atoms with Crippen LogP contribution in [0.2, 0.25) is 0 Å². The van der Waals surface area contributed by atoms with Crippen molar-refractivity contribution in [2.45, 2.75) is 31.6 Å². The van der Waals surface area contributed by atoms with Gasteiger partial charge in [0.25, 0.3) is 11.8 Å². The molecule has 1 saturated heterocycles. The third kappa shape index (κ3) is 7.61. The van der Waals surface area contributed by atoms with E-state index in [2.05, 4.69) is 10.3 Å². The number of imide groups is 1. The Kier molecular flexibility index (Phi) is 9.95. The number of morpholine rings is 1. The molecule has 1 N–H and O–H groups in total. The maximum Gasteiger partial charge on any atom is 0.318 e. The van der Waals surface area contributed by atoms with Crippen molar-refractivity contribution < 1.29 is 36.7 Å². The molecular weight excluding hydrogens is 552 g/mol. The van der Waals surface area contributed by atoms with E-state index in [0.717, 1.165) is 4.90 Å². The second kappa shape index (κ2) is 13.6. The van der Waals surface area contributed by atoms with E-state index in [4.69, 9.17) is 13.9 Å². The van der Waals surface area contributed by atoms with Crippen molar-refractivity contribution in [2.75, 3.05) is 45.7 Å². The number of hydrogen-bond acceptors (Lipinski definition) is 9. The van der Waals surface area contributed by atoms with E-state index in [9.17, 15) is 22.8 Å². The van der Waals surface area contributed by atoms with Crippen LogP contribution in [0.25, 0.3) is 11.1 Å². The van der Waals surface area contributed by atoms with Crippen LogP contribution < -0.4 is 10.1 Å². The molecule has 41 heavy (non-hydrogen) atoms. The van der Waals surface area contributed by atoms with Crippen LogP contribution in [0.15, 0.2) is 52.9 Å². The highest BCUT2D eigenvalue weighted by Crippen LogP contribution is 2.21. The first-order chi connectivity index (χ1) is 19.7. The fraction of sp³-hybridized carbons (Fsp3) is 0.429. The SMILES string of the molecule is CCCCN(C(=O)c1nc2ccccc2o1)C(=O)C(CS(=O)(=O)Cc1ccccc1OC)NC(=O)N1CCOCC1. The zero-order chi connectivity index (χ0) is 29.4. The van der Waals surface area contributed by atoms with Crippen LogP contribution in [-0.2, 0) is 25.1 Å². The molecular formula is C28H34N4O8S. The van der Waals surface area contributed by atoms with Crippen LogP contribution in [0.5, 0.6) is 5.75 Å². The molecule has 0 bridgehead atoms. The van der Waals surface area contributed by atoms with Gasteiger partial charge in [0.15, 0.2) is 15.4 Å². The number of nitrogens with one attached hydrogen (secondary N) is 1. The molecule has 0 aliphatic carbocycles. The number of carbonyl (C=O) groups excluding carboxylic acids is 3. The summed E-state index contributed by atoms with van der Waals surface area (Å²) in [5.41, 5.74) is 1.22. The number of methoxy groups -OCH3 is 1. The van der Waals surface area contributed by atoms with Crippen molar-refractivity contribution in [1.82, 2.24) is 20.1 Å². The van der Waals surface area contributed by atoms with Gasteiger partial charge >= 0.3 is 11.9 Å². The number of fused-ring (bicyclic) bond motifs is 1. The Labute approximate surface area is 238 Å². The highest BCUT2D eigenvalue weighted by Gasteiger charge is 2.36. The standard InChI is InChI=1S/C28H34N4O8S/c1-3-4-13-32(27(34)25-29-21-10-6-8-12-24(21)40-25)26(33)22(30-28(35)31-14-16-39-17-15-31)19-41(36,37)18-20-9-5-7-11-23(20)38-2/h5-12,22H,3-4,13-19H2,1-2H3,(H,30,35). The van der Waals surface area contributed by atoms with Gasteiger partial charge in [-0.2, -0.15) is 0 Å². The number of rotatable bonds is 11. The second-order valence-corrected chi connectivity index (χ2v) is 11.7. The highest BCUT2D eigenvalue weighted by atomic mass is 32.2. The monoisotopic (exact) mass is 586 g/mol. The number of benzene rings is 2. The van der Waals surface area contributed by atoms with Crippen LogP contribution >= 0.6 is 0 Å². The van der Waals surface area contributed by atoms with Gasteiger partial charge < -0.3 is 24.1 Å². The Morgan fingerprint density at radius 3 is 2.51 bits per heavy atom. The molecule has 4 amide bonds. The van der Waals surface area contributed by atoms with Gasteiger partial charge in [0.2, 0.25) is 0 Å². The summed E-state index contributed by atoms with van der Waals surface area (Å²) in [6.45, 7) is 3.07. The van der Waals surface area contributed by atoms with Gasteiger partial charge in [0.1, 0.15) is 17.3 Å². The molecule has 1 atom stereocenters. The maximum atomic E-state index is 13.9. The third-order valence-electron chi connectivity index (χ3n) is 6.61. The van der Waals surface area contributed by atoms with E-state index in [1.807, 2.05) is 6.92 Å². The molecule has 3 aromatic rings. The summed E-state index contributed by atoms with van der Waals surface area (Å²) in [6, 6.07) is 11.3. The lowest BCUT2D eigenvalue weighted by Gasteiger charge is -2.30. The summed E-state index contributed by atoms with van der Waals surface area (Å²) >= 11 is 0. The van der Waals surface area contributed by atoms with Crippen molar-refractivity contribution in [3.8, 4) is 5.75 Å². The van der Waals surface area contributed by atoms with E-state index in [1.165, 1.54) is 12.0 Å². The summed E-state index contributed by atoms with van der Waals surface area (Å²) in [5.74, 6) is -2.76. The van der Waals surface area contributed by atoms with Gasteiger partial charge in [-0.05, 0) is 24.6 Å². The fourth-order valence-electron chi connectivity index (χ4n) is 4.45. The molecule has 220 valence electrons. The first kappa shape index (κ1) is 30.0. The number of oxazole rings is 1. The van der Waals surface area contributed by atoms with Crippen LogP contribution in [0.1, 0.15) is 36.0 Å². The van der Waals surface area contributed by atoms with Crippen LogP contribution in [0.4, 0.5) is 4.79 Å². The number of hydrogen-bond donors (Lipinski definition) is 1. The Morgan fingerprint density at radius 2 is 1.80 bits per heavy atom. The van der Waals surface area contributed by atoms with Gasteiger partial charge in [-0.1, -0.05) is 43.7 Å². The zero-order valence-corrected chi connectivity index (χ0v) is 23.9. The normalized spacial score (nSPS) is 14.4. The summed E-state index contributed by atoms with van der Waals surface area (Å²) in [4.78, 5) is 47.2. The minimum Gasteiger partial charge on any atom is -0.496 e. The minimum absolute atomic E-state index is 0.0105. The van der Waals surface area contributed by atoms with E-state index >= 15 is 0 Å². The lowest BCUT2D eigenvalue weighted by molar-refractivity contribution is -0.130. The van der Waals surface area contributed by atoms with E-state index in [0.29, 0.717) is 48.5 Å². The van der Waals surface area contributed by atoms with Crippen molar-refractivity contribution in [1.29, 1.82) is 0 Å². The zero-order valence-electron chi connectivity index (χ0n) is 23.1. The molecule has 13 heteroatoms. The van der Waals surface area contributed by atoms with Crippen LogP contribution in [0.3, 0.4) is 0 Å². The number of amides is 4. The molecule has 4 rings (SSSR count). The molecule has 0 spiro atoms. The number of para-hydroxylation sites is 3. The van der Waals surface area contributed by atoms with Crippen molar-refractivity contribution >= 4 is 38.8 Å². The Morgan fingerprint density at radius 1 is 1.10 bits per heavy atom. The average Bonchev–Trinajstić information content (AvgIpc) is 3.41. The first-order valence-electron chi connectivity index (χ1n) is 13.4. The van der Waals surface area contributed by atoms with Gasteiger partial charge in [-0.15, -0.1) is 0 Å². The minimum atomic E-state index is -3.99. The van der Waals surface area contributed by atoms with Crippen molar-refractivity contribution in [2.24, 2.45) is 0 Å². The van der Waals surface area contributed by atoms with E-state index < -0.39 is 45.2 Å². The predicted octanol–water partition coefficient (Wildman–Crippen LogP) is 2.63. The second-order valence-electron chi connectivity index (χ2n) is 9.60. The topological polar surface area (TPSA) is 148 Å². The number of nitrogens with zero attached hydrogens (tertiary/aromatic N) is 3. The number of carbonyl (C=O) groups is 3. The maximum absolute atomic E-state index is 13.9. The summed E-state index contributed by atoms with van der Waals surface area (Å²) < 4.78 is 43.0. The van der Waals surface area contributed by atoms with Crippen molar-refractivity contribution in [3.05, 3.63) is 60.0 Å². The molecule has 0 saturated carbocycles. The highest BCUT2D eigenvalue weighted by molar-refractivity contribution is 7.90. The molecule has 1 unspecified atom stereocenters. The van der Waals surface area contributed by atoms with Crippen LogP contribution in [-0.4, -0.2) is 92.8 Å². The number of unbranched alkanes of at least 4 members (excludes halogenated alkanes) is 1. The lowest BCUT2D eigenvalue weighted by Crippen LogP contribution is -2.57. The Bertz CT molecular complexity index is 1450. The van der Waals surface area contributed by atoms with Crippen molar-refractivity contribution in [3.63, 3.8) is 0 Å². The van der Waals surface area contributed by atoms with Gasteiger partial charge in [-0.25, -0.2) is 18.2 Å². The molecule has 1 fully saturated rings. The summed E-state index contributed by atoms with van der Waals surface area (Å²) in [5, 5.41) is 2.57. The predicted molar refractivity (Wildman–Crippen MR) is 150 cm³/mol. The molecule has 0 radical (unpaired) electrons. The van der Waals surface area contributed by atoms with Gasteiger partial charge in [-0.3, -0.25) is 14.5 Å². The van der Waals surface area contributed by atoms with E-state index in [-0.39, 0.29) is 25.5 Å². The average molecular weight is 587 g/mol. The molecule has 1 aliphatic heterocycles. The number of urea groups is 1. The molecule has 1 aromatic heterocycles. The molecule has 1 aliphatic rings. The number of aromatic nitrogens is 1.